The summed E-state index contributed by atoms with van der Waals surface area (Å²) in [5, 5.41) is 0. The van der Waals surface area contributed by atoms with Crippen molar-refractivity contribution in [2.45, 2.75) is 52.4 Å². The first kappa shape index (κ1) is 14.9. The van der Waals surface area contributed by atoms with Gasteiger partial charge in [0.25, 0.3) is 0 Å². The predicted molar refractivity (Wildman–Crippen MR) is 94.3 cm³/mol. The van der Waals surface area contributed by atoms with Gasteiger partial charge < -0.3 is 0 Å². The summed E-state index contributed by atoms with van der Waals surface area (Å²) in [5.41, 5.74) is 5.31. The van der Waals surface area contributed by atoms with Gasteiger partial charge in [0, 0.05) is 17.8 Å². The fourth-order valence-electron chi connectivity index (χ4n) is 4.88. The van der Waals surface area contributed by atoms with Crippen LogP contribution in [0.3, 0.4) is 0 Å². The Morgan fingerprint density at radius 2 is 1.96 bits per heavy atom. The molecule has 0 spiro atoms. The molecule has 3 aliphatic carbocycles. The molecule has 0 saturated heterocycles. The zero-order chi connectivity index (χ0) is 16.2. The molecule has 2 nitrogen and oxygen atoms in total. The molecule has 0 N–H and O–H groups in total. The molecule has 23 heavy (non-hydrogen) atoms. The van der Waals surface area contributed by atoms with Crippen LogP contribution < -0.4 is 0 Å². The zero-order valence-electron chi connectivity index (χ0n) is 14.6. The molecule has 3 aliphatic rings. The van der Waals surface area contributed by atoms with E-state index in [0.29, 0.717) is 23.2 Å². The van der Waals surface area contributed by atoms with Gasteiger partial charge in [-0.3, -0.25) is 9.97 Å². The van der Waals surface area contributed by atoms with Crippen molar-refractivity contribution in [3.8, 4) is 11.4 Å². The molecule has 0 amide bonds. The third-order valence-corrected chi connectivity index (χ3v) is 6.17. The molecule has 0 unspecified atom stereocenters. The first-order valence-electron chi connectivity index (χ1n) is 8.90. The quantitative estimate of drug-likeness (QED) is 0.757. The van der Waals surface area contributed by atoms with E-state index < -0.39 is 0 Å². The van der Waals surface area contributed by atoms with E-state index in [1.165, 1.54) is 24.1 Å². The van der Waals surface area contributed by atoms with E-state index >= 15 is 0 Å². The van der Waals surface area contributed by atoms with Gasteiger partial charge in [0.2, 0.25) is 0 Å². The molecule has 0 aromatic carbocycles. The van der Waals surface area contributed by atoms with E-state index in [1.54, 1.807) is 0 Å². The van der Waals surface area contributed by atoms with Crippen LogP contribution in [0.4, 0.5) is 0 Å². The van der Waals surface area contributed by atoms with Gasteiger partial charge in [0.15, 0.2) is 0 Å². The minimum atomic E-state index is 0.431. The number of aromatic nitrogens is 2. The summed E-state index contributed by atoms with van der Waals surface area (Å²) in [5.74, 6) is 2.79. The largest absolute Gasteiger partial charge is 0.255 e. The van der Waals surface area contributed by atoms with Gasteiger partial charge in [-0.25, -0.2) is 0 Å². The van der Waals surface area contributed by atoms with Crippen LogP contribution in [0.15, 0.2) is 36.5 Å². The van der Waals surface area contributed by atoms with Gasteiger partial charge in [-0.05, 0) is 59.8 Å². The van der Waals surface area contributed by atoms with Crippen molar-refractivity contribution in [2.24, 2.45) is 17.3 Å². The van der Waals surface area contributed by atoms with Gasteiger partial charge in [0.1, 0.15) is 0 Å². The molecule has 2 bridgehead atoms. The molecule has 0 aliphatic heterocycles. The Balaban J connectivity index is 1.80. The maximum absolute atomic E-state index is 5.10. The summed E-state index contributed by atoms with van der Waals surface area (Å²) < 4.78 is 0. The van der Waals surface area contributed by atoms with Crippen LogP contribution >= 0.6 is 0 Å². The highest BCUT2D eigenvalue weighted by Gasteiger charge is 2.57. The minimum absolute atomic E-state index is 0.431. The average molecular weight is 306 g/mol. The molecule has 5 rings (SSSR count). The van der Waals surface area contributed by atoms with E-state index in [0.717, 1.165) is 17.3 Å². The molecule has 2 heterocycles. The summed E-state index contributed by atoms with van der Waals surface area (Å²) in [6.45, 7) is 9.57. The van der Waals surface area contributed by atoms with Gasteiger partial charge in [-0.1, -0.05) is 39.8 Å². The highest BCUT2D eigenvalue weighted by molar-refractivity contribution is 5.56. The summed E-state index contributed by atoms with van der Waals surface area (Å²) in [4.78, 5) is 9.58. The van der Waals surface area contributed by atoms with Crippen molar-refractivity contribution in [3.05, 3.63) is 47.8 Å². The Hall–Kier alpha value is -1.70. The molecule has 0 radical (unpaired) electrons. The van der Waals surface area contributed by atoms with Crippen LogP contribution in [0.1, 0.15) is 63.6 Å². The number of hydrogen-bond donors (Lipinski definition) is 0. The lowest BCUT2D eigenvalue weighted by Gasteiger charge is -2.60. The molecule has 2 aromatic heterocycles. The van der Waals surface area contributed by atoms with E-state index in [-0.39, 0.29) is 0 Å². The number of rotatable bonds is 3. The van der Waals surface area contributed by atoms with Crippen molar-refractivity contribution in [1.82, 2.24) is 9.97 Å². The fourth-order valence-corrected chi connectivity index (χ4v) is 4.88. The lowest BCUT2D eigenvalue weighted by molar-refractivity contribution is -0.0127. The predicted octanol–water partition coefficient (Wildman–Crippen LogP) is 5.42. The first-order valence-corrected chi connectivity index (χ1v) is 8.90. The molecule has 1 saturated carbocycles. The molecule has 3 atom stereocenters. The second-order valence-electron chi connectivity index (χ2n) is 8.34. The Labute approximate surface area is 139 Å². The van der Waals surface area contributed by atoms with Crippen LogP contribution in [-0.4, -0.2) is 9.97 Å². The molecule has 120 valence electrons. The normalized spacial score (nSPS) is 27.4. The Kier molecular flexibility index (Phi) is 3.33. The summed E-state index contributed by atoms with van der Waals surface area (Å²) in [6, 6.07) is 10.6. The molecule has 2 aromatic rings. The second kappa shape index (κ2) is 5.15. The minimum Gasteiger partial charge on any atom is -0.255 e. The Morgan fingerprint density at radius 1 is 1.13 bits per heavy atom. The number of pyridine rings is 2. The molecular formula is C21H26N2. The SMILES string of the molecule is CC(C)C[C@@H]1c2nc(-c3ccccn3)ccc2[C@@H]2C[C@H]1C2(C)C. The summed E-state index contributed by atoms with van der Waals surface area (Å²) in [6.07, 6.45) is 4.44. The van der Waals surface area contributed by atoms with Crippen molar-refractivity contribution >= 4 is 0 Å². The third kappa shape index (κ3) is 2.22. The van der Waals surface area contributed by atoms with Crippen LogP contribution in [0.25, 0.3) is 11.4 Å². The number of hydrogen-bond acceptors (Lipinski definition) is 2. The third-order valence-electron chi connectivity index (χ3n) is 6.17. The van der Waals surface area contributed by atoms with Crippen molar-refractivity contribution in [3.63, 3.8) is 0 Å². The van der Waals surface area contributed by atoms with Crippen LogP contribution in [0.2, 0.25) is 0 Å². The van der Waals surface area contributed by atoms with E-state index in [1.807, 2.05) is 18.3 Å². The molecule has 2 heteroatoms. The van der Waals surface area contributed by atoms with Gasteiger partial charge >= 0.3 is 0 Å². The fraction of sp³-hybridized carbons (Fsp3) is 0.524. The van der Waals surface area contributed by atoms with Crippen LogP contribution in [0, 0.1) is 17.3 Å². The average Bonchev–Trinajstić information content (AvgIpc) is 2.54. The van der Waals surface area contributed by atoms with Crippen LogP contribution in [-0.2, 0) is 0 Å². The Morgan fingerprint density at radius 3 is 2.61 bits per heavy atom. The maximum Gasteiger partial charge on any atom is 0.0889 e. The summed E-state index contributed by atoms with van der Waals surface area (Å²) >= 11 is 0. The Bertz CT molecular complexity index is 718. The lowest BCUT2D eigenvalue weighted by atomic mass is 9.44. The van der Waals surface area contributed by atoms with Crippen LogP contribution in [0.5, 0.6) is 0 Å². The van der Waals surface area contributed by atoms with Crippen molar-refractivity contribution < 1.29 is 0 Å². The van der Waals surface area contributed by atoms with Gasteiger partial charge in [-0.2, -0.15) is 0 Å². The smallest absolute Gasteiger partial charge is 0.0889 e. The first-order chi connectivity index (χ1) is 11.0. The lowest BCUT2D eigenvalue weighted by Crippen LogP contribution is -2.50. The topological polar surface area (TPSA) is 25.8 Å². The standard InChI is InChI=1S/C21H26N2/c1-13(2)11-15-17-12-16(21(17,3)4)14-8-9-19(23-20(14)15)18-7-5-6-10-22-18/h5-10,13,15-17H,11-12H2,1-4H3/t15-,16-,17+/m0/s1. The van der Waals surface area contributed by atoms with Crippen molar-refractivity contribution in [1.29, 1.82) is 0 Å². The van der Waals surface area contributed by atoms with E-state index in [9.17, 15) is 0 Å². The highest BCUT2D eigenvalue weighted by atomic mass is 14.8. The maximum atomic E-state index is 5.10. The van der Waals surface area contributed by atoms with E-state index in [4.69, 9.17) is 4.98 Å². The van der Waals surface area contributed by atoms with Gasteiger partial charge in [0.05, 0.1) is 11.4 Å². The summed E-state index contributed by atoms with van der Waals surface area (Å²) in [7, 11) is 0. The zero-order valence-corrected chi connectivity index (χ0v) is 14.6. The monoisotopic (exact) mass is 306 g/mol. The molecule has 1 fully saturated rings. The second-order valence-corrected chi connectivity index (χ2v) is 8.34. The van der Waals surface area contributed by atoms with Gasteiger partial charge in [-0.15, -0.1) is 0 Å². The van der Waals surface area contributed by atoms with E-state index in [2.05, 4.69) is 50.9 Å². The highest BCUT2D eigenvalue weighted by Crippen LogP contribution is 2.67. The number of nitrogens with zero attached hydrogens (tertiary/aromatic N) is 2. The molecular weight excluding hydrogens is 280 g/mol. The van der Waals surface area contributed by atoms with Crippen molar-refractivity contribution in [2.75, 3.05) is 0 Å².